The number of thioether (sulfide) groups is 1. The minimum Gasteiger partial charge on any atom is -0.462 e. The van der Waals surface area contributed by atoms with Crippen molar-refractivity contribution in [2.75, 3.05) is 23.4 Å². The maximum absolute atomic E-state index is 12.6. The molecule has 30 heavy (non-hydrogen) atoms. The summed E-state index contributed by atoms with van der Waals surface area (Å²) in [6.07, 6.45) is 5.43. The Morgan fingerprint density at radius 3 is 2.93 bits per heavy atom. The first-order valence-electron chi connectivity index (χ1n) is 9.67. The minimum absolute atomic E-state index is 0.0118. The number of thiophene rings is 1. The van der Waals surface area contributed by atoms with Crippen LogP contribution in [0, 0.1) is 0 Å². The van der Waals surface area contributed by atoms with E-state index in [0.29, 0.717) is 22.3 Å². The Kier molecular flexibility index (Phi) is 7.33. The maximum atomic E-state index is 12.6. The van der Waals surface area contributed by atoms with Crippen LogP contribution in [-0.4, -0.2) is 33.8 Å². The fourth-order valence-electron chi connectivity index (χ4n) is 3.29. The smallest absolute Gasteiger partial charge is 0.341 e. The number of nitrogens with one attached hydrogen (secondary N) is 1. The maximum Gasteiger partial charge on any atom is 0.341 e. The highest BCUT2D eigenvalue weighted by Crippen LogP contribution is 2.38. The van der Waals surface area contributed by atoms with Crippen LogP contribution in [0.25, 0.3) is 0 Å². The number of nitrogen functional groups attached to an aromatic ring is 1. The second kappa shape index (κ2) is 9.94. The molecule has 1 aliphatic rings. The van der Waals surface area contributed by atoms with Crippen LogP contribution >= 0.6 is 23.1 Å². The number of hydrogen-bond donors (Lipinski definition) is 2. The van der Waals surface area contributed by atoms with Crippen LogP contribution in [0.5, 0.6) is 0 Å². The van der Waals surface area contributed by atoms with Crippen LogP contribution in [0.1, 0.15) is 40.6 Å². The molecule has 2 aromatic heterocycles. The number of fused-ring (bicyclic) bond motifs is 1. The van der Waals surface area contributed by atoms with E-state index >= 15 is 0 Å². The van der Waals surface area contributed by atoms with Crippen molar-refractivity contribution in [3.8, 4) is 0 Å². The van der Waals surface area contributed by atoms with E-state index in [1.54, 1.807) is 17.6 Å². The third kappa shape index (κ3) is 4.93. The molecule has 1 aliphatic carbocycles. The molecule has 2 heterocycles. The van der Waals surface area contributed by atoms with Gasteiger partial charge in [0.1, 0.15) is 10.8 Å². The Labute approximate surface area is 182 Å². The third-order valence-electron chi connectivity index (χ3n) is 4.57. The summed E-state index contributed by atoms with van der Waals surface area (Å²) >= 11 is 2.54. The lowest BCUT2D eigenvalue weighted by molar-refractivity contribution is -0.113. The molecule has 8 nitrogen and oxygen atoms in total. The molecule has 0 atom stereocenters. The van der Waals surface area contributed by atoms with Crippen LogP contribution in [0.15, 0.2) is 28.7 Å². The lowest BCUT2D eigenvalue weighted by Crippen LogP contribution is -2.20. The molecule has 10 heteroatoms. The summed E-state index contributed by atoms with van der Waals surface area (Å²) < 4.78 is 6.82. The van der Waals surface area contributed by atoms with Gasteiger partial charge in [0.25, 0.3) is 5.56 Å². The summed E-state index contributed by atoms with van der Waals surface area (Å²) in [6.45, 7) is 6.07. The van der Waals surface area contributed by atoms with Gasteiger partial charge in [0.05, 0.1) is 17.9 Å². The summed E-state index contributed by atoms with van der Waals surface area (Å²) in [4.78, 5) is 41.9. The number of carbonyl (C=O) groups excluding carboxylic acids is 2. The highest BCUT2D eigenvalue weighted by Gasteiger charge is 2.27. The number of amides is 1. The summed E-state index contributed by atoms with van der Waals surface area (Å²) in [5, 5.41) is 3.71. The molecule has 0 radical (unpaired) electrons. The average molecular weight is 449 g/mol. The van der Waals surface area contributed by atoms with Gasteiger partial charge in [0, 0.05) is 17.5 Å². The van der Waals surface area contributed by atoms with Gasteiger partial charge >= 0.3 is 5.97 Å². The Balaban J connectivity index is 1.77. The van der Waals surface area contributed by atoms with Crippen LogP contribution in [-0.2, 0) is 28.9 Å². The van der Waals surface area contributed by atoms with E-state index in [-0.39, 0.29) is 24.1 Å². The van der Waals surface area contributed by atoms with Crippen molar-refractivity contribution in [1.82, 2.24) is 9.55 Å². The van der Waals surface area contributed by atoms with E-state index in [2.05, 4.69) is 16.9 Å². The highest BCUT2D eigenvalue weighted by atomic mass is 32.2. The minimum atomic E-state index is -0.466. The monoisotopic (exact) mass is 448 g/mol. The predicted octanol–water partition coefficient (Wildman–Crippen LogP) is 2.86. The number of hydrogen-bond acceptors (Lipinski definition) is 8. The van der Waals surface area contributed by atoms with Gasteiger partial charge < -0.3 is 20.4 Å². The second-order valence-corrected chi connectivity index (χ2v) is 8.72. The molecule has 1 amide bonds. The first kappa shape index (κ1) is 22.1. The molecule has 3 rings (SSSR count). The van der Waals surface area contributed by atoms with Gasteiger partial charge in [-0.3, -0.25) is 9.59 Å². The van der Waals surface area contributed by atoms with Crippen molar-refractivity contribution in [1.29, 1.82) is 0 Å². The quantitative estimate of drug-likeness (QED) is 0.276. The lowest BCUT2D eigenvalue weighted by atomic mass is 9.95. The molecule has 0 fully saturated rings. The highest BCUT2D eigenvalue weighted by molar-refractivity contribution is 7.99. The first-order chi connectivity index (χ1) is 14.4. The van der Waals surface area contributed by atoms with Crippen molar-refractivity contribution in [3.05, 3.63) is 45.1 Å². The SMILES string of the molecule is C=CCn1c(N)cc(=O)nc1SCC(=O)Nc1sc2c(c1C(=O)OCC)CCCC2. The Hall–Kier alpha value is -2.59. The lowest BCUT2D eigenvalue weighted by Gasteiger charge is -2.13. The molecule has 0 aromatic carbocycles. The fraction of sp³-hybridized carbons (Fsp3) is 0.400. The molecule has 0 saturated carbocycles. The van der Waals surface area contributed by atoms with Gasteiger partial charge in [-0.1, -0.05) is 17.8 Å². The summed E-state index contributed by atoms with van der Waals surface area (Å²) in [5.41, 5.74) is 6.88. The average Bonchev–Trinajstić information content (AvgIpc) is 3.06. The number of nitrogens with zero attached hydrogens (tertiary/aromatic N) is 2. The first-order valence-corrected chi connectivity index (χ1v) is 11.5. The van der Waals surface area contributed by atoms with Crippen LogP contribution in [0.4, 0.5) is 10.8 Å². The summed E-state index contributed by atoms with van der Waals surface area (Å²) in [5.74, 6) is -0.436. The van der Waals surface area contributed by atoms with Gasteiger partial charge in [-0.15, -0.1) is 17.9 Å². The number of esters is 1. The van der Waals surface area contributed by atoms with Crippen molar-refractivity contribution in [2.24, 2.45) is 0 Å². The van der Waals surface area contributed by atoms with E-state index in [9.17, 15) is 14.4 Å². The van der Waals surface area contributed by atoms with Crippen LogP contribution < -0.4 is 16.6 Å². The zero-order valence-electron chi connectivity index (χ0n) is 16.7. The fourth-order valence-corrected chi connectivity index (χ4v) is 5.41. The molecule has 0 aliphatic heterocycles. The molecule has 3 N–H and O–H groups in total. The second-order valence-electron chi connectivity index (χ2n) is 6.67. The Bertz CT molecular complexity index is 1030. The number of aromatic nitrogens is 2. The van der Waals surface area contributed by atoms with Crippen molar-refractivity contribution >= 4 is 45.8 Å². The normalized spacial score (nSPS) is 12.8. The van der Waals surface area contributed by atoms with Crippen molar-refractivity contribution in [3.63, 3.8) is 0 Å². The molecular weight excluding hydrogens is 424 g/mol. The number of nitrogens with two attached hydrogens (primary N) is 1. The van der Waals surface area contributed by atoms with E-state index in [1.807, 2.05) is 0 Å². The van der Waals surface area contributed by atoms with Gasteiger partial charge in [0.15, 0.2) is 5.16 Å². The van der Waals surface area contributed by atoms with Crippen LogP contribution in [0.3, 0.4) is 0 Å². The zero-order chi connectivity index (χ0) is 21.7. The van der Waals surface area contributed by atoms with E-state index in [0.717, 1.165) is 47.9 Å². The van der Waals surface area contributed by atoms with E-state index < -0.39 is 11.5 Å². The molecule has 0 spiro atoms. The van der Waals surface area contributed by atoms with E-state index in [4.69, 9.17) is 10.5 Å². The molecule has 0 unspecified atom stereocenters. The Morgan fingerprint density at radius 1 is 1.43 bits per heavy atom. The van der Waals surface area contributed by atoms with E-state index in [1.165, 1.54) is 17.4 Å². The number of allylic oxidation sites excluding steroid dienone is 1. The Morgan fingerprint density at radius 2 is 2.20 bits per heavy atom. The number of aryl methyl sites for hydroxylation is 1. The molecule has 2 aromatic rings. The molecule has 0 saturated heterocycles. The van der Waals surface area contributed by atoms with Crippen LogP contribution in [0.2, 0.25) is 0 Å². The van der Waals surface area contributed by atoms with Gasteiger partial charge in [-0.05, 0) is 38.2 Å². The molecule has 160 valence electrons. The number of ether oxygens (including phenoxy) is 1. The standard InChI is InChI=1S/C20H24N4O4S2/c1-3-9-24-14(21)10-15(25)23-20(24)29-11-16(26)22-18-17(19(27)28-4-2)12-7-5-6-8-13(12)30-18/h3,10H,1,4-9,11,21H2,2H3,(H,22,26). The largest absolute Gasteiger partial charge is 0.462 e. The molecular formula is C20H24N4O4S2. The number of anilines is 2. The van der Waals surface area contributed by atoms with Gasteiger partial charge in [-0.25, -0.2) is 4.79 Å². The topological polar surface area (TPSA) is 116 Å². The molecule has 0 bridgehead atoms. The summed E-state index contributed by atoms with van der Waals surface area (Å²) in [7, 11) is 0. The van der Waals surface area contributed by atoms with Crippen molar-refractivity contribution < 1.29 is 14.3 Å². The van der Waals surface area contributed by atoms with Gasteiger partial charge in [-0.2, -0.15) is 4.98 Å². The summed E-state index contributed by atoms with van der Waals surface area (Å²) in [6, 6.07) is 1.23. The number of rotatable bonds is 8. The predicted molar refractivity (Wildman–Crippen MR) is 119 cm³/mol. The zero-order valence-corrected chi connectivity index (χ0v) is 18.4. The number of carbonyl (C=O) groups is 2. The van der Waals surface area contributed by atoms with Gasteiger partial charge in [0.2, 0.25) is 5.91 Å². The van der Waals surface area contributed by atoms with Crippen molar-refractivity contribution in [2.45, 2.75) is 44.3 Å². The third-order valence-corrected chi connectivity index (χ3v) is 6.75.